The van der Waals surface area contributed by atoms with Crippen molar-refractivity contribution in [1.29, 1.82) is 0 Å². The summed E-state index contributed by atoms with van der Waals surface area (Å²) in [6, 6.07) is 1.51. The lowest BCUT2D eigenvalue weighted by atomic mass is 10.1. The van der Waals surface area contributed by atoms with Crippen LogP contribution in [-0.2, 0) is 9.47 Å². The lowest BCUT2D eigenvalue weighted by Crippen LogP contribution is -2.38. The molecule has 0 aromatic carbocycles. The highest BCUT2D eigenvalue weighted by atomic mass is 16.7. The smallest absolute Gasteiger partial charge is 0.177 e. The van der Waals surface area contributed by atoms with Gasteiger partial charge in [0.25, 0.3) is 0 Å². The third-order valence-electron chi connectivity index (χ3n) is 2.25. The fourth-order valence-corrected chi connectivity index (χ4v) is 1.42. The summed E-state index contributed by atoms with van der Waals surface area (Å²) < 4.78 is 15.4. The third kappa shape index (κ3) is 2.89. The number of aromatic nitrogens is 1. The molecule has 0 spiro atoms. The normalized spacial score (nSPS) is 12.8. The van der Waals surface area contributed by atoms with Gasteiger partial charge in [0.2, 0.25) is 0 Å². The molecular formula is C10H17N3O3. The van der Waals surface area contributed by atoms with Crippen LogP contribution in [0.5, 0.6) is 5.75 Å². The first-order valence-corrected chi connectivity index (χ1v) is 4.77. The van der Waals surface area contributed by atoms with Gasteiger partial charge in [-0.05, 0) is 11.6 Å². The van der Waals surface area contributed by atoms with Crippen LogP contribution >= 0.6 is 0 Å². The fraction of sp³-hybridized carbons (Fsp3) is 0.500. The molecule has 0 radical (unpaired) electrons. The summed E-state index contributed by atoms with van der Waals surface area (Å²) in [4.78, 5) is 4.04. The van der Waals surface area contributed by atoms with Crippen LogP contribution in [0.3, 0.4) is 0 Å². The van der Waals surface area contributed by atoms with E-state index < -0.39 is 6.29 Å². The zero-order chi connectivity index (χ0) is 12.0. The van der Waals surface area contributed by atoms with E-state index in [9.17, 15) is 0 Å². The maximum absolute atomic E-state index is 5.47. The molecule has 1 rings (SSSR count). The van der Waals surface area contributed by atoms with Gasteiger partial charge in [0, 0.05) is 20.4 Å². The number of pyridine rings is 1. The first kappa shape index (κ1) is 12.9. The molecule has 1 heterocycles. The standard InChI is InChI=1S/C10H17N3O3/c1-14-8-4-7(5-12-6-8)9(13-11)10(15-2)16-3/h4-6,9-10,13H,11H2,1-3H3. The molecule has 0 bridgehead atoms. The van der Waals surface area contributed by atoms with Gasteiger partial charge in [-0.15, -0.1) is 0 Å². The van der Waals surface area contributed by atoms with Crippen molar-refractivity contribution in [3.63, 3.8) is 0 Å². The Kier molecular flexibility index (Phi) is 5.13. The van der Waals surface area contributed by atoms with Crippen molar-refractivity contribution >= 4 is 0 Å². The average molecular weight is 227 g/mol. The van der Waals surface area contributed by atoms with E-state index in [2.05, 4.69) is 10.4 Å². The molecule has 0 saturated carbocycles. The first-order valence-electron chi connectivity index (χ1n) is 4.77. The number of nitrogens with zero attached hydrogens (tertiary/aromatic N) is 1. The Morgan fingerprint density at radius 2 is 1.94 bits per heavy atom. The predicted molar refractivity (Wildman–Crippen MR) is 58.7 cm³/mol. The lowest BCUT2D eigenvalue weighted by Gasteiger charge is -2.24. The second-order valence-electron chi connectivity index (χ2n) is 3.14. The zero-order valence-electron chi connectivity index (χ0n) is 9.64. The molecule has 16 heavy (non-hydrogen) atoms. The second-order valence-corrected chi connectivity index (χ2v) is 3.14. The van der Waals surface area contributed by atoms with Crippen LogP contribution < -0.4 is 16.0 Å². The molecule has 0 fully saturated rings. The van der Waals surface area contributed by atoms with E-state index >= 15 is 0 Å². The van der Waals surface area contributed by atoms with Gasteiger partial charge in [0.05, 0.1) is 19.3 Å². The largest absolute Gasteiger partial charge is 0.495 e. The highest BCUT2D eigenvalue weighted by Gasteiger charge is 2.22. The van der Waals surface area contributed by atoms with E-state index in [0.29, 0.717) is 5.75 Å². The molecule has 1 atom stereocenters. The molecule has 0 amide bonds. The molecular weight excluding hydrogens is 210 g/mol. The molecule has 1 aromatic rings. The number of hydrazine groups is 1. The lowest BCUT2D eigenvalue weighted by molar-refractivity contribution is -0.124. The van der Waals surface area contributed by atoms with E-state index in [1.165, 1.54) is 0 Å². The van der Waals surface area contributed by atoms with E-state index in [1.54, 1.807) is 33.7 Å². The maximum Gasteiger partial charge on any atom is 0.177 e. The van der Waals surface area contributed by atoms with Crippen LogP contribution in [0.1, 0.15) is 11.6 Å². The van der Waals surface area contributed by atoms with Crippen molar-refractivity contribution in [3.8, 4) is 5.75 Å². The quantitative estimate of drug-likeness (QED) is 0.411. The fourth-order valence-electron chi connectivity index (χ4n) is 1.42. The second kappa shape index (κ2) is 6.39. The Bertz CT molecular complexity index is 318. The van der Waals surface area contributed by atoms with Gasteiger partial charge >= 0.3 is 0 Å². The van der Waals surface area contributed by atoms with E-state index in [0.717, 1.165) is 5.56 Å². The number of hydrogen-bond donors (Lipinski definition) is 2. The monoisotopic (exact) mass is 227 g/mol. The number of methoxy groups -OCH3 is 3. The number of ether oxygens (including phenoxy) is 3. The Morgan fingerprint density at radius 3 is 2.44 bits per heavy atom. The van der Waals surface area contributed by atoms with E-state index in [4.69, 9.17) is 20.1 Å². The molecule has 0 aliphatic carbocycles. The van der Waals surface area contributed by atoms with Crippen LogP contribution in [0.15, 0.2) is 18.5 Å². The van der Waals surface area contributed by atoms with Crippen molar-refractivity contribution in [1.82, 2.24) is 10.4 Å². The van der Waals surface area contributed by atoms with E-state index in [1.807, 2.05) is 6.07 Å². The number of nitrogens with two attached hydrogens (primary N) is 1. The molecule has 0 aliphatic heterocycles. The molecule has 6 heteroatoms. The average Bonchev–Trinajstić information content (AvgIpc) is 2.35. The van der Waals surface area contributed by atoms with Crippen molar-refractivity contribution < 1.29 is 14.2 Å². The van der Waals surface area contributed by atoms with Gasteiger partial charge in [0.1, 0.15) is 5.75 Å². The van der Waals surface area contributed by atoms with Gasteiger partial charge in [-0.2, -0.15) is 0 Å². The highest BCUT2D eigenvalue weighted by Crippen LogP contribution is 2.21. The van der Waals surface area contributed by atoms with Crippen LogP contribution in [0.4, 0.5) is 0 Å². The third-order valence-corrected chi connectivity index (χ3v) is 2.25. The van der Waals surface area contributed by atoms with Crippen LogP contribution in [0.25, 0.3) is 0 Å². The summed E-state index contributed by atoms with van der Waals surface area (Å²) in [6.45, 7) is 0. The summed E-state index contributed by atoms with van der Waals surface area (Å²) in [7, 11) is 4.67. The molecule has 0 aliphatic rings. The topological polar surface area (TPSA) is 78.6 Å². The van der Waals surface area contributed by atoms with Crippen LogP contribution in [-0.4, -0.2) is 32.6 Å². The Balaban J connectivity index is 2.93. The van der Waals surface area contributed by atoms with Crippen molar-refractivity contribution in [2.45, 2.75) is 12.3 Å². The van der Waals surface area contributed by atoms with Gasteiger partial charge < -0.3 is 14.2 Å². The van der Waals surface area contributed by atoms with Crippen molar-refractivity contribution in [2.24, 2.45) is 5.84 Å². The van der Waals surface area contributed by atoms with Gasteiger partial charge in [-0.3, -0.25) is 10.8 Å². The zero-order valence-corrected chi connectivity index (χ0v) is 9.64. The highest BCUT2D eigenvalue weighted by molar-refractivity contribution is 5.26. The number of nitrogens with one attached hydrogen (secondary N) is 1. The van der Waals surface area contributed by atoms with E-state index in [-0.39, 0.29) is 6.04 Å². The minimum Gasteiger partial charge on any atom is -0.495 e. The molecule has 3 N–H and O–H groups in total. The molecule has 90 valence electrons. The number of rotatable bonds is 6. The summed E-state index contributed by atoms with van der Waals surface area (Å²) in [5.41, 5.74) is 3.46. The SMILES string of the molecule is COc1cncc(C(NN)C(OC)OC)c1. The predicted octanol–water partition coefficient (Wildman–Crippen LogP) is 0.213. The van der Waals surface area contributed by atoms with Crippen molar-refractivity contribution in [2.75, 3.05) is 21.3 Å². The van der Waals surface area contributed by atoms with Gasteiger partial charge in [-0.25, -0.2) is 5.43 Å². The molecule has 1 unspecified atom stereocenters. The van der Waals surface area contributed by atoms with Crippen LogP contribution in [0.2, 0.25) is 0 Å². The summed E-state index contributed by atoms with van der Waals surface area (Å²) in [5.74, 6) is 6.13. The van der Waals surface area contributed by atoms with Gasteiger partial charge in [-0.1, -0.05) is 0 Å². The molecule has 1 aromatic heterocycles. The Morgan fingerprint density at radius 1 is 1.25 bits per heavy atom. The minimum atomic E-state index is -0.487. The van der Waals surface area contributed by atoms with Crippen molar-refractivity contribution in [3.05, 3.63) is 24.0 Å². The Hall–Kier alpha value is -1.21. The molecule has 6 nitrogen and oxygen atoms in total. The summed E-state index contributed by atoms with van der Waals surface area (Å²) in [5, 5.41) is 0. The Labute approximate surface area is 94.7 Å². The number of hydrogen-bond acceptors (Lipinski definition) is 6. The molecule has 0 saturated heterocycles. The summed E-state index contributed by atoms with van der Waals surface area (Å²) in [6.07, 6.45) is 2.81. The van der Waals surface area contributed by atoms with Gasteiger partial charge in [0.15, 0.2) is 6.29 Å². The minimum absolute atomic E-state index is 0.308. The first-order chi connectivity index (χ1) is 7.76. The van der Waals surface area contributed by atoms with Crippen LogP contribution in [0, 0.1) is 0 Å². The summed E-state index contributed by atoms with van der Waals surface area (Å²) >= 11 is 0. The maximum atomic E-state index is 5.47.